The van der Waals surface area contributed by atoms with Crippen molar-refractivity contribution in [3.63, 3.8) is 0 Å². The summed E-state index contributed by atoms with van der Waals surface area (Å²) in [7, 11) is 0. The van der Waals surface area contributed by atoms with Crippen LogP contribution >= 0.6 is 11.6 Å². The minimum Gasteiger partial charge on any atom is -0.341 e. The van der Waals surface area contributed by atoms with Crippen LogP contribution in [-0.4, -0.2) is 29.9 Å². The highest BCUT2D eigenvalue weighted by Crippen LogP contribution is 2.20. The van der Waals surface area contributed by atoms with Crippen LogP contribution in [0.3, 0.4) is 0 Å². The number of benzene rings is 1. The molecule has 1 saturated heterocycles. The summed E-state index contributed by atoms with van der Waals surface area (Å²) in [4.78, 5) is 13.6. The fraction of sp³-hybridized carbons (Fsp3) is 0.417. The maximum Gasteiger partial charge on any atom is 0.227 e. The molecule has 1 heterocycles. The lowest BCUT2D eigenvalue weighted by Crippen LogP contribution is -2.33. The molecule has 5 heteroatoms. The van der Waals surface area contributed by atoms with E-state index in [9.17, 15) is 9.18 Å². The van der Waals surface area contributed by atoms with Crippen LogP contribution in [0.1, 0.15) is 12.0 Å². The van der Waals surface area contributed by atoms with E-state index >= 15 is 0 Å². The Bertz CT molecular complexity index is 418. The first-order valence-corrected chi connectivity index (χ1v) is 5.92. The lowest BCUT2D eigenvalue weighted by molar-refractivity contribution is -0.129. The van der Waals surface area contributed by atoms with Gasteiger partial charge in [-0.05, 0) is 18.6 Å². The lowest BCUT2D eigenvalue weighted by Gasteiger charge is -2.16. The quantitative estimate of drug-likeness (QED) is 0.873. The minimum absolute atomic E-state index is 0.00176. The number of amides is 1. The first-order valence-electron chi connectivity index (χ1n) is 5.54. The van der Waals surface area contributed by atoms with Crippen LogP contribution < -0.4 is 5.73 Å². The van der Waals surface area contributed by atoms with E-state index in [1.165, 1.54) is 12.1 Å². The van der Waals surface area contributed by atoms with Gasteiger partial charge in [-0.15, -0.1) is 0 Å². The molecule has 0 spiro atoms. The Morgan fingerprint density at radius 3 is 2.94 bits per heavy atom. The van der Waals surface area contributed by atoms with Crippen molar-refractivity contribution in [3.8, 4) is 0 Å². The molecule has 92 valence electrons. The summed E-state index contributed by atoms with van der Waals surface area (Å²) in [6, 6.07) is 4.46. The molecule has 0 radical (unpaired) electrons. The highest BCUT2D eigenvalue weighted by molar-refractivity contribution is 6.31. The number of nitrogens with two attached hydrogens (primary N) is 1. The predicted molar refractivity (Wildman–Crippen MR) is 64.3 cm³/mol. The van der Waals surface area contributed by atoms with Crippen molar-refractivity contribution in [3.05, 3.63) is 34.6 Å². The Hall–Kier alpha value is -1.13. The molecule has 0 saturated carbocycles. The molecule has 17 heavy (non-hydrogen) atoms. The molecule has 2 N–H and O–H groups in total. The van der Waals surface area contributed by atoms with Crippen molar-refractivity contribution < 1.29 is 9.18 Å². The highest BCUT2D eigenvalue weighted by Gasteiger charge is 2.24. The Kier molecular flexibility index (Phi) is 3.64. The Balaban J connectivity index is 2.08. The van der Waals surface area contributed by atoms with Crippen molar-refractivity contribution in [1.29, 1.82) is 0 Å². The van der Waals surface area contributed by atoms with Crippen LogP contribution in [0.25, 0.3) is 0 Å². The molecular weight excluding hydrogens is 243 g/mol. The van der Waals surface area contributed by atoms with E-state index in [4.69, 9.17) is 17.3 Å². The topological polar surface area (TPSA) is 46.3 Å². The average molecular weight is 257 g/mol. The molecule has 1 aliphatic rings. The van der Waals surface area contributed by atoms with Crippen molar-refractivity contribution in [2.45, 2.75) is 18.9 Å². The monoisotopic (exact) mass is 256 g/mol. The first-order chi connectivity index (χ1) is 8.08. The molecule has 1 aliphatic heterocycles. The van der Waals surface area contributed by atoms with Crippen LogP contribution in [0.5, 0.6) is 0 Å². The molecule has 1 aromatic rings. The third-order valence-corrected chi connectivity index (χ3v) is 3.32. The molecule has 0 bridgehead atoms. The lowest BCUT2D eigenvalue weighted by atomic mass is 10.1. The van der Waals surface area contributed by atoms with Gasteiger partial charge in [0, 0.05) is 29.7 Å². The number of hydrogen-bond acceptors (Lipinski definition) is 2. The number of halogens is 2. The van der Waals surface area contributed by atoms with Gasteiger partial charge in [0.05, 0.1) is 6.42 Å². The molecule has 2 rings (SSSR count). The molecular formula is C12H14ClFN2O. The van der Waals surface area contributed by atoms with Crippen LogP contribution in [0.2, 0.25) is 5.02 Å². The summed E-state index contributed by atoms with van der Waals surface area (Å²) in [5, 5.41) is 0.293. The number of carbonyl (C=O) groups is 1. The largest absolute Gasteiger partial charge is 0.341 e. The van der Waals surface area contributed by atoms with E-state index in [1.54, 1.807) is 11.0 Å². The highest BCUT2D eigenvalue weighted by atomic mass is 35.5. The number of hydrogen-bond donors (Lipinski definition) is 1. The van der Waals surface area contributed by atoms with Gasteiger partial charge in [0.1, 0.15) is 5.82 Å². The molecule has 3 nitrogen and oxygen atoms in total. The van der Waals surface area contributed by atoms with Crippen molar-refractivity contribution >= 4 is 17.5 Å². The molecule has 0 unspecified atom stereocenters. The number of rotatable bonds is 2. The van der Waals surface area contributed by atoms with Gasteiger partial charge in [0.2, 0.25) is 5.91 Å². The van der Waals surface area contributed by atoms with E-state index < -0.39 is 5.82 Å². The minimum atomic E-state index is -0.436. The summed E-state index contributed by atoms with van der Waals surface area (Å²) in [6.07, 6.45) is 0.801. The SMILES string of the molecule is N[C@@H]1CCN(C(=O)Cc2c(F)cccc2Cl)C1. The number of nitrogens with zero attached hydrogens (tertiary/aromatic N) is 1. The summed E-state index contributed by atoms with van der Waals surface area (Å²) in [5.41, 5.74) is 5.99. The third-order valence-electron chi connectivity index (χ3n) is 2.97. The molecule has 0 aromatic heterocycles. The van der Waals surface area contributed by atoms with Gasteiger partial charge in [-0.2, -0.15) is 0 Å². The second-order valence-corrected chi connectivity index (χ2v) is 4.67. The summed E-state index contributed by atoms with van der Waals surface area (Å²) in [6.45, 7) is 1.19. The summed E-state index contributed by atoms with van der Waals surface area (Å²) < 4.78 is 13.5. The van der Waals surface area contributed by atoms with E-state index in [0.717, 1.165) is 6.42 Å². The van der Waals surface area contributed by atoms with Crippen molar-refractivity contribution in [2.75, 3.05) is 13.1 Å². The smallest absolute Gasteiger partial charge is 0.227 e. The van der Waals surface area contributed by atoms with E-state index in [2.05, 4.69) is 0 Å². The standard InChI is InChI=1S/C12H14ClFN2O/c13-10-2-1-3-11(14)9(10)6-12(17)16-5-4-8(15)7-16/h1-3,8H,4-7,15H2/t8-/m1/s1. The van der Waals surface area contributed by atoms with Crippen LogP contribution in [0.4, 0.5) is 4.39 Å². The zero-order chi connectivity index (χ0) is 12.4. The first kappa shape index (κ1) is 12.3. The maximum absolute atomic E-state index is 13.5. The van der Waals surface area contributed by atoms with Gasteiger partial charge in [-0.1, -0.05) is 17.7 Å². The van der Waals surface area contributed by atoms with Crippen molar-refractivity contribution in [2.24, 2.45) is 5.73 Å². The summed E-state index contributed by atoms with van der Waals surface area (Å²) in [5.74, 6) is -0.556. The van der Waals surface area contributed by atoms with Gasteiger partial charge in [0.15, 0.2) is 0 Å². The van der Waals surface area contributed by atoms with Gasteiger partial charge in [-0.25, -0.2) is 4.39 Å². The fourth-order valence-electron chi connectivity index (χ4n) is 1.98. The average Bonchev–Trinajstić information content (AvgIpc) is 2.70. The number of likely N-dealkylation sites (tertiary alicyclic amines) is 1. The second kappa shape index (κ2) is 5.02. The fourth-order valence-corrected chi connectivity index (χ4v) is 2.21. The predicted octanol–water partition coefficient (Wildman–Crippen LogP) is 1.58. The summed E-state index contributed by atoms with van der Waals surface area (Å²) >= 11 is 5.87. The normalized spacial score (nSPS) is 19.7. The molecule has 1 atom stereocenters. The Labute approximate surface area is 104 Å². The number of carbonyl (C=O) groups excluding carboxylic acids is 1. The second-order valence-electron chi connectivity index (χ2n) is 4.27. The van der Waals surface area contributed by atoms with Gasteiger partial charge >= 0.3 is 0 Å². The molecule has 1 aromatic carbocycles. The van der Waals surface area contributed by atoms with E-state index in [-0.39, 0.29) is 23.9 Å². The van der Waals surface area contributed by atoms with Gasteiger partial charge in [0.25, 0.3) is 0 Å². The van der Waals surface area contributed by atoms with Gasteiger partial charge < -0.3 is 10.6 Å². The van der Waals surface area contributed by atoms with Gasteiger partial charge in [-0.3, -0.25) is 4.79 Å². The maximum atomic E-state index is 13.5. The van der Waals surface area contributed by atoms with E-state index in [0.29, 0.717) is 18.1 Å². The molecule has 0 aliphatic carbocycles. The Morgan fingerprint density at radius 1 is 1.59 bits per heavy atom. The zero-order valence-corrected chi connectivity index (χ0v) is 10.1. The zero-order valence-electron chi connectivity index (χ0n) is 9.33. The van der Waals surface area contributed by atoms with Crippen LogP contribution in [0.15, 0.2) is 18.2 Å². The van der Waals surface area contributed by atoms with Crippen LogP contribution in [-0.2, 0) is 11.2 Å². The van der Waals surface area contributed by atoms with Crippen molar-refractivity contribution in [1.82, 2.24) is 4.90 Å². The third kappa shape index (κ3) is 2.76. The van der Waals surface area contributed by atoms with Crippen LogP contribution in [0, 0.1) is 5.82 Å². The Morgan fingerprint density at radius 2 is 2.35 bits per heavy atom. The molecule has 1 fully saturated rings. The van der Waals surface area contributed by atoms with E-state index in [1.807, 2.05) is 0 Å². The molecule has 1 amide bonds.